The van der Waals surface area contributed by atoms with Crippen LogP contribution >= 0.6 is 0 Å². The molecule has 1 N–H and O–H groups in total. The number of carbonyl (C=O) groups is 1. The van der Waals surface area contributed by atoms with E-state index in [1.54, 1.807) is 0 Å². The predicted octanol–water partition coefficient (Wildman–Crippen LogP) is 1.49. The Balaban J connectivity index is 2.28. The van der Waals surface area contributed by atoms with Crippen molar-refractivity contribution in [3.8, 4) is 0 Å². The van der Waals surface area contributed by atoms with Gasteiger partial charge in [-0.1, -0.05) is 19.3 Å². The lowest BCUT2D eigenvalue weighted by molar-refractivity contribution is -0.143. The van der Waals surface area contributed by atoms with Crippen LogP contribution in [0.15, 0.2) is 0 Å². The lowest BCUT2D eigenvalue weighted by Gasteiger charge is -2.25. The lowest BCUT2D eigenvalue weighted by atomic mass is 9.84. The standard InChI is InChI=1S/C10H18O3/c1-13-10(12)7-9(11)8-5-3-2-4-6-8/h8-9,11H,2-7H2,1H3. The summed E-state index contributed by atoms with van der Waals surface area (Å²) < 4.78 is 4.51. The zero-order valence-corrected chi connectivity index (χ0v) is 8.16. The lowest BCUT2D eigenvalue weighted by Crippen LogP contribution is -2.26. The fourth-order valence-electron chi connectivity index (χ4n) is 1.94. The highest BCUT2D eigenvalue weighted by Crippen LogP contribution is 2.27. The van der Waals surface area contributed by atoms with E-state index in [1.165, 1.54) is 26.4 Å². The summed E-state index contributed by atoms with van der Waals surface area (Å²) in [5.74, 6) is 0.00548. The Bertz CT molecular complexity index is 162. The van der Waals surface area contributed by atoms with Gasteiger partial charge >= 0.3 is 5.97 Å². The highest BCUT2D eigenvalue weighted by atomic mass is 16.5. The van der Waals surface area contributed by atoms with Crippen molar-refractivity contribution >= 4 is 5.97 Å². The van der Waals surface area contributed by atoms with Crippen LogP contribution in [-0.4, -0.2) is 24.3 Å². The van der Waals surface area contributed by atoms with Gasteiger partial charge in [-0.3, -0.25) is 4.79 Å². The molecule has 0 bridgehead atoms. The smallest absolute Gasteiger partial charge is 0.308 e. The van der Waals surface area contributed by atoms with Gasteiger partial charge in [-0.15, -0.1) is 0 Å². The van der Waals surface area contributed by atoms with Crippen molar-refractivity contribution in [3.63, 3.8) is 0 Å². The molecular weight excluding hydrogens is 168 g/mol. The number of hydrogen-bond donors (Lipinski definition) is 1. The summed E-state index contributed by atoms with van der Waals surface area (Å²) in [4.78, 5) is 10.9. The third kappa shape index (κ3) is 3.35. The van der Waals surface area contributed by atoms with Gasteiger partial charge in [-0.05, 0) is 18.8 Å². The first-order chi connectivity index (χ1) is 6.24. The molecule has 0 aromatic heterocycles. The minimum Gasteiger partial charge on any atom is -0.469 e. The van der Waals surface area contributed by atoms with Gasteiger partial charge in [0.25, 0.3) is 0 Å². The van der Waals surface area contributed by atoms with Crippen molar-refractivity contribution in [2.45, 2.75) is 44.6 Å². The second-order valence-corrected chi connectivity index (χ2v) is 3.75. The van der Waals surface area contributed by atoms with E-state index in [-0.39, 0.29) is 12.4 Å². The number of aliphatic hydroxyl groups is 1. The van der Waals surface area contributed by atoms with E-state index in [0.29, 0.717) is 5.92 Å². The number of esters is 1. The summed E-state index contributed by atoms with van der Waals surface area (Å²) in [6.07, 6.45) is 5.40. The van der Waals surface area contributed by atoms with Gasteiger partial charge in [-0.2, -0.15) is 0 Å². The molecule has 0 saturated heterocycles. The van der Waals surface area contributed by atoms with Crippen molar-refractivity contribution in [2.24, 2.45) is 5.92 Å². The average Bonchev–Trinajstić information content (AvgIpc) is 2.19. The Kier molecular flexibility index (Phi) is 4.22. The number of ether oxygens (including phenoxy) is 1. The van der Waals surface area contributed by atoms with E-state index in [0.717, 1.165) is 12.8 Å². The van der Waals surface area contributed by atoms with Gasteiger partial charge in [0.15, 0.2) is 0 Å². The molecule has 0 aliphatic heterocycles. The van der Waals surface area contributed by atoms with Gasteiger partial charge in [-0.25, -0.2) is 0 Å². The third-order valence-corrected chi connectivity index (χ3v) is 2.80. The van der Waals surface area contributed by atoms with E-state index in [1.807, 2.05) is 0 Å². The van der Waals surface area contributed by atoms with Crippen LogP contribution in [0.4, 0.5) is 0 Å². The Morgan fingerprint density at radius 2 is 2.08 bits per heavy atom. The van der Waals surface area contributed by atoms with Crippen LogP contribution in [0.1, 0.15) is 38.5 Å². The Morgan fingerprint density at radius 1 is 1.46 bits per heavy atom. The molecule has 1 aliphatic rings. The molecule has 1 atom stereocenters. The first kappa shape index (κ1) is 10.5. The highest BCUT2D eigenvalue weighted by molar-refractivity contribution is 5.69. The minimum atomic E-state index is -0.493. The number of hydrogen-bond acceptors (Lipinski definition) is 3. The molecule has 76 valence electrons. The maximum atomic E-state index is 10.9. The highest BCUT2D eigenvalue weighted by Gasteiger charge is 2.23. The molecular formula is C10H18O3. The monoisotopic (exact) mass is 186 g/mol. The Hall–Kier alpha value is -0.570. The molecule has 3 heteroatoms. The topological polar surface area (TPSA) is 46.5 Å². The quantitative estimate of drug-likeness (QED) is 0.679. The van der Waals surface area contributed by atoms with Crippen LogP contribution < -0.4 is 0 Å². The second-order valence-electron chi connectivity index (χ2n) is 3.75. The van der Waals surface area contributed by atoms with Gasteiger partial charge < -0.3 is 9.84 Å². The van der Waals surface area contributed by atoms with Gasteiger partial charge in [0, 0.05) is 0 Å². The maximum absolute atomic E-state index is 10.9. The van der Waals surface area contributed by atoms with Crippen molar-refractivity contribution < 1.29 is 14.6 Å². The zero-order chi connectivity index (χ0) is 9.68. The van der Waals surface area contributed by atoms with Crippen molar-refractivity contribution in [3.05, 3.63) is 0 Å². The Morgan fingerprint density at radius 3 is 2.62 bits per heavy atom. The van der Waals surface area contributed by atoms with E-state index in [4.69, 9.17) is 0 Å². The molecule has 1 rings (SSSR count). The molecule has 0 radical (unpaired) electrons. The van der Waals surface area contributed by atoms with Crippen LogP contribution in [0.25, 0.3) is 0 Å². The first-order valence-corrected chi connectivity index (χ1v) is 4.99. The van der Waals surface area contributed by atoms with E-state index in [9.17, 15) is 9.90 Å². The van der Waals surface area contributed by atoms with Crippen LogP contribution in [0.3, 0.4) is 0 Å². The fraction of sp³-hybridized carbons (Fsp3) is 0.900. The number of methoxy groups -OCH3 is 1. The summed E-state index contributed by atoms with van der Waals surface area (Å²) in [6, 6.07) is 0. The molecule has 0 amide bonds. The molecule has 13 heavy (non-hydrogen) atoms. The minimum absolute atomic E-state index is 0.154. The third-order valence-electron chi connectivity index (χ3n) is 2.80. The molecule has 0 aromatic rings. The summed E-state index contributed by atoms with van der Waals surface area (Å²) in [5, 5.41) is 9.67. The second kappa shape index (κ2) is 5.22. The number of aliphatic hydroxyl groups excluding tert-OH is 1. The normalized spacial score (nSPS) is 21.1. The van der Waals surface area contributed by atoms with Gasteiger partial charge in [0.2, 0.25) is 0 Å². The molecule has 1 fully saturated rings. The molecule has 1 unspecified atom stereocenters. The molecule has 3 nitrogen and oxygen atoms in total. The predicted molar refractivity (Wildman–Crippen MR) is 49.2 cm³/mol. The summed E-state index contributed by atoms with van der Waals surface area (Å²) in [6.45, 7) is 0. The number of rotatable bonds is 3. The largest absolute Gasteiger partial charge is 0.469 e. The summed E-state index contributed by atoms with van der Waals surface area (Å²) >= 11 is 0. The molecule has 0 spiro atoms. The first-order valence-electron chi connectivity index (χ1n) is 4.99. The molecule has 0 aromatic carbocycles. The van der Waals surface area contributed by atoms with Crippen LogP contribution in [-0.2, 0) is 9.53 Å². The molecule has 1 aliphatic carbocycles. The van der Waals surface area contributed by atoms with Crippen LogP contribution in [0, 0.1) is 5.92 Å². The van der Waals surface area contributed by atoms with Crippen LogP contribution in [0.2, 0.25) is 0 Å². The maximum Gasteiger partial charge on any atom is 0.308 e. The molecule has 1 saturated carbocycles. The van der Waals surface area contributed by atoms with Gasteiger partial charge in [0.1, 0.15) is 0 Å². The van der Waals surface area contributed by atoms with Gasteiger partial charge in [0.05, 0.1) is 19.6 Å². The Labute approximate surface area is 79.1 Å². The SMILES string of the molecule is COC(=O)CC(O)C1CCCCC1. The van der Waals surface area contributed by atoms with E-state index in [2.05, 4.69) is 4.74 Å². The van der Waals surface area contributed by atoms with Crippen molar-refractivity contribution in [2.75, 3.05) is 7.11 Å². The van der Waals surface area contributed by atoms with E-state index < -0.39 is 6.10 Å². The van der Waals surface area contributed by atoms with Crippen molar-refractivity contribution in [1.82, 2.24) is 0 Å². The fourth-order valence-corrected chi connectivity index (χ4v) is 1.94. The van der Waals surface area contributed by atoms with E-state index >= 15 is 0 Å². The summed E-state index contributed by atoms with van der Waals surface area (Å²) in [5.41, 5.74) is 0. The van der Waals surface area contributed by atoms with Crippen LogP contribution in [0.5, 0.6) is 0 Å². The molecule has 0 heterocycles. The summed E-state index contributed by atoms with van der Waals surface area (Å²) in [7, 11) is 1.36. The zero-order valence-electron chi connectivity index (χ0n) is 8.16. The number of carbonyl (C=O) groups excluding carboxylic acids is 1. The average molecular weight is 186 g/mol. The van der Waals surface area contributed by atoms with Crippen molar-refractivity contribution in [1.29, 1.82) is 0 Å².